The Morgan fingerprint density at radius 1 is 1.00 bits per heavy atom. The Kier molecular flexibility index (Phi) is 8.33. The maximum absolute atomic E-state index is 13.7. The van der Waals surface area contributed by atoms with E-state index in [-0.39, 0.29) is 22.2 Å². The molecule has 3 aromatic rings. The molecule has 6 heteroatoms. The molecule has 0 fully saturated rings. The van der Waals surface area contributed by atoms with Crippen molar-refractivity contribution in [3.05, 3.63) is 74.1 Å². The lowest BCUT2D eigenvalue weighted by atomic mass is 9.72. The summed E-state index contributed by atoms with van der Waals surface area (Å²) >= 11 is 7.70. The van der Waals surface area contributed by atoms with Gasteiger partial charge in [-0.05, 0) is 89.0 Å². The normalized spacial score (nSPS) is 16.3. The zero-order chi connectivity index (χ0) is 29.6. The molecule has 40 heavy (non-hydrogen) atoms. The number of carbonyl (C=O) groups excluding carboxylic acids is 1. The van der Waals surface area contributed by atoms with E-state index in [2.05, 4.69) is 67.6 Å². The Morgan fingerprint density at radius 3 is 2.10 bits per heavy atom. The third-order valence-corrected chi connectivity index (χ3v) is 9.29. The van der Waals surface area contributed by atoms with E-state index in [1.165, 1.54) is 4.88 Å². The summed E-state index contributed by atoms with van der Waals surface area (Å²) in [5.41, 5.74) is 4.93. The van der Waals surface area contributed by atoms with E-state index in [1.54, 1.807) is 23.5 Å². The Morgan fingerprint density at radius 2 is 1.57 bits per heavy atom. The SMILES string of the molecule is CC(C)(C)c1cc(C=Nc2sc3c(c2C(=O)Nc2ccc(Cl)cc2)CC[C@H](C(C)(C)C)C3)cc(C(C)(C)C)c1O. The van der Waals surface area contributed by atoms with Crippen LogP contribution in [0, 0.1) is 11.3 Å². The zero-order valence-electron chi connectivity index (χ0n) is 25.3. The Hall–Kier alpha value is -2.63. The molecule has 0 bridgehead atoms. The highest BCUT2D eigenvalue weighted by atomic mass is 35.5. The number of aromatic hydroxyl groups is 1. The quantitative estimate of drug-likeness (QED) is 0.303. The summed E-state index contributed by atoms with van der Waals surface area (Å²) in [7, 11) is 0. The van der Waals surface area contributed by atoms with E-state index < -0.39 is 0 Å². The van der Waals surface area contributed by atoms with Crippen molar-refractivity contribution in [2.45, 2.75) is 92.4 Å². The molecule has 4 nitrogen and oxygen atoms in total. The molecule has 2 aromatic carbocycles. The summed E-state index contributed by atoms with van der Waals surface area (Å²) < 4.78 is 0. The zero-order valence-corrected chi connectivity index (χ0v) is 26.9. The molecule has 0 aliphatic heterocycles. The van der Waals surface area contributed by atoms with Crippen molar-refractivity contribution in [2.75, 3.05) is 5.32 Å². The molecule has 1 aliphatic rings. The number of phenols is 1. The second-order valence-corrected chi connectivity index (χ2v) is 15.7. The fourth-order valence-corrected chi connectivity index (χ4v) is 6.77. The highest BCUT2D eigenvalue weighted by Crippen LogP contribution is 2.46. The summed E-state index contributed by atoms with van der Waals surface area (Å²) in [5.74, 6) is 0.765. The molecule has 214 valence electrons. The standard InChI is InChI=1S/C34H43ClN2O2S/c1-32(2,3)21-10-15-24-27(18-21)40-31(28(24)30(39)37-23-13-11-22(35)12-14-23)36-19-20-16-25(33(4,5)6)29(38)26(17-20)34(7,8)9/h11-14,16-17,19,21,38H,10,15,18H2,1-9H3,(H,37,39)/t21-/m0/s1. The van der Waals surface area contributed by atoms with Crippen LogP contribution in [0.1, 0.15) is 106 Å². The van der Waals surface area contributed by atoms with Gasteiger partial charge in [-0.2, -0.15) is 0 Å². The van der Waals surface area contributed by atoms with E-state index in [1.807, 2.05) is 30.5 Å². The third-order valence-electron chi connectivity index (χ3n) is 7.88. The van der Waals surface area contributed by atoms with Crippen molar-refractivity contribution in [1.29, 1.82) is 0 Å². The van der Waals surface area contributed by atoms with Crippen molar-refractivity contribution in [2.24, 2.45) is 16.3 Å². The lowest BCUT2D eigenvalue weighted by Gasteiger charge is -2.33. The number of rotatable bonds is 4. The molecule has 4 rings (SSSR count). The van der Waals surface area contributed by atoms with Crippen molar-refractivity contribution >= 4 is 45.7 Å². The van der Waals surface area contributed by atoms with E-state index in [9.17, 15) is 9.90 Å². The number of benzene rings is 2. The highest BCUT2D eigenvalue weighted by molar-refractivity contribution is 7.16. The monoisotopic (exact) mass is 578 g/mol. The molecule has 0 radical (unpaired) electrons. The number of carbonyl (C=O) groups is 1. The third kappa shape index (κ3) is 6.63. The van der Waals surface area contributed by atoms with Gasteiger partial charge >= 0.3 is 0 Å². The maximum atomic E-state index is 13.7. The van der Waals surface area contributed by atoms with Crippen LogP contribution in [-0.4, -0.2) is 17.2 Å². The number of amides is 1. The smallest absolute Gasteiger partial charge is 0.259 e. The lowest BCUT2D eigenvalue weighted by Crippen LogP contribution is -2.27. The number of thiophene rings is 1. The first-order valence-corrected chi connectivity index (χ1v) is 15.3. The second-order valence-electron chi connectivity index (χ2n) is 14.2. The molecule has 1 atom stereocenters. The number of aliphatic imine (C=N–C) groups is 1. The van der Waals surface area contributed by atoms with Gasteiger partial charge in [0.15, 0.2) is 0 Å². The largest absolute Gasteiger partial charge is 0.507 e. The molecule has 0 saturated heterocycles. The fraction of sp³-hybridized carbons (Fsp3) is 0.471. The summed E-state index contributed by atoms with van der Waals surface area (Å²) in [4.78, 5) is 19.9. The number of fused-ring (bicyclic) bond motifs is 1. The van der Waals surface area contributed by atoms with Crippen LogP contribution in [0.4, 0.5) is 10.7 Å². The van der Waals surface area contributed by atoms with Gasteiger partial charge in [0.25, 0.3) is 5.91 Å². The molecular weight excluding hydrogens is 536 g/mol. The molecule has 1 aromatic heterocycles. The summed E-state index contributed by atoms with van der Waals surface area (Å²) in [6, 6.07) is 11.2. The highest BCUT2D eigenvalue weighted by Gasteiger charge is 2.34. The van der Waals surface area contributed by atoms with Gasteiger partial charge in [-0.15, -0.1) is 11.3 Å². The molecule has 1 aliphatic carbocycles. The number of nitrogens with zero attached hydrogens (tertiary/aromatic N) is 1. The topological polar surface area (TPSA) is 61.7 Å². The molecular formula is C34H43ClN2O2S. The average molecular weight is 579 g/mol. The van der Waals surface area contributed by atoms with Crippen molar-refractivity contribution in [3.63, 3.8) is 0 Å². The lowest BCUT2D eigenvalue weighted by molar-refractivity contribution is 0.102. The minimum atomic E-state index is -0.235. The maximum Gasteiger partial charge on any atom is 0.259 e. The number of halogens is 1. The molecule has 0 unspecified atom stereocenters. The first-order valence-electron chi connectivity index (χ1n) is 14.1. The summed E-state index contributed by atoms with van der Waals surface area (Å²) in [5, 5.41) is 15.6. The molecule has 0 spiro atoms. The Labute approximate surface area is 248 Å². The number of anilines is 1. The van der Waals surface area contributed by atoms with E-state index in [0.717, 1.165) is 46.5 Å². The van der Waals surface area contributed by atoms with Gasteiger partial charge in [-0.3, -0.25) is 4.79 Å². The molecule has 1 heterocycles. The van der Waals surface area contributed by atoms with Gasteiger partial charge in [0.1, 0.15) is 10.8 Å². The van der Waals surface area contributed by atoms with Crippen LogP contribution in [0.2, 0.25) is 5.02 Å². The Balaban J connectivity index is 1.79. The van der Waals surface area contributed by atoms with Gasteiger partial charge in [0.2, 0.25) is 0 Å². The minimum Gasteiger partial charge on any atom is -0.507 e. The van der Waals surface area contributed by atoms with E-state index in [4.69, 9.17) is 16.6 Å². The minimum absolute atomic E-state index is 0.141. The van der Waals surface area contributed by atoms with Gasteiger partial charge in [0, 0.05) is 32.9 Å². The van der Waals surface area contributed by atoms with Crippen molar-refractivity contribution in [1.82, 2.24) is 0 Å². The first kappa shape index (κ1) is 30.3. The Bertz CT molecular complexity index is 1400. The summed E-state index contributed by atoms with van der Waals surface area (Å²) in [6.45, 7) is 19.5. The van der Waals surface area contributed by atoms with Crippen LogP contribution in [0.3, 0.4) is 0 Å². The van der Waals surface area contributed by atoms with Crippen LogP contribution in [-0.2, 0) is 23.7 Å². The van der Waals surface area contributed by atoms with Crippen molar-refractivity contribution < 1.29 is 9.90 Å². The van der Waals surface area contributed by atoms with Crippen LogP contribution in [0.15, 0.2) is 41.4 Å². The predicted molar refractivity (Wildman–Crippen MR) is 171 cm³/mol. The van der Waals surface area contributed by atoms with E-state index in [0.29, 0.717) is 27.9 Å². The predicted octanol–water partition coefficient (Wildman–Crippen LogP) is 9.86. The number of hydrogen-bond acceptors (Lipinski definition) is 4. The number of phenolic OH excluding ortho intramolecular Hbond substituents is 1. The number of nitrogens with one attached hydrogen (secondary N) is 1. The van der Waals surface area contributed by atoms with Crippen LogP contribution >= 0.6 is 22.9 Å². The summed E-state index contributed by atoms with van der Waals surface area (Å²) in [6.07, 6.45) is 4.73. The fourth-order valence-electron chi connectivity index (χ4n) is 5.37. The van der Waals surface area contributed by atoms with Crippen LogP contribution in [0.5, 0.6) is 5.75 Å². The van der Waals surface area contributed by atoms with Gasteiger partial charge in [-0.25, -0.2) is 4.99 Å². The second kappa shape index (κ2) is 11.0. The van der Waals surface area contributed by atoms with Gasteiger partial charge in [0.05, 0.1) is 5.56 Å². The van der Waals surface area contributed by atoms with Crippen LogP contribution in [0.25, 0.3) is 0 Å². The van der Waals surface area contributed by atoms with Gasteiger partial charge < -0.3 is 10.4 Å². The van der Waals surface area contributed by atoms with E-state index >= 15 is 0 Å². The number of hydrogen-bond donors (Lipinski definition) is 2. The van der Waals surface area contributed by atoms with Crippen molar-refractivity contribution in [3.8, 4) is 5.75 Å². The first-order chi connectivity index (χ1) is 18.4. The van der Waals surface area contributed by atoms with Crippen LogP contribution < -0.4 is 5.32 Å². The molecule has 0 saturated carbocycles. The molecule has 2 N–H and O–H groups in total. The molecule has 1 amide bonds. The average Bonchev–Trinajstić information content (AvgIpc) is 3.20. The van der Waals surface area contributed by atoms with Gasteiger partial charge in [-0.1, -0.05) is 73.9 Å².